The van der Waals surface area contributed by atoms with Crippen LogP contribution in [-0.4, -0.2) is 45.1 Å². The first kappa shape index (κ1) is 29.3. The first-order chi connectivity index (χ1) is 21.4. The summed E-state index contributed by atoms with van der Waals surface area (Å²) in [6.45, 7) is 10.9. The zero-order chi connectivity index (χ0) is 30.6. The maximum Gasteiger partial charge on any atom is 0.283 e. The van der Waals surface area contributed by atoms with Crippen LogP contribution in [0.4, 0.5) is 21.7 Å². The number of nitrogens with one attached hydrogen (secondary N) is 4. The van der Waals surface area contributed by atoms with Crippen LogP contribution in [0.1, 0.15) is 43.7 Å². The van der Waals surface area contributed by atoms with E-state index in [0.717, 1.165) is 82.9 Å². The SMILES string of the molecule is C=C(F)C(=O)Nc1ccc2c(-c3ccccc3CNc3cc(NCC4CCNCC4)nc4c(C(C)C)cnn34)nccc2c1. The molecule has 2 aromatic carbocycles. The van der Waals surface area contributed by atoms with Crippen molar-refractivity contribution in [1.29, 1.82) is 0 Å². The minimum Gasteiger partial charge on any atom is -0.370 e. The van der Waals surface area contributed by atoms with E-state index in [4.69, 9.17) is 9.97 Å². The number of hydrogen-bond acceptors (Lipinski definition) is 7. The molecule has 10 heteroatoms. The van der Waals surface area contributed by atoms with Gasteiger partial charge in [0, 0.05) is 47.6 Å². The summed E-state index contributed by atoms with van der Waals surface area (Å²) in [6, 6.07) is 17.5. The highest BCUT2D eigenvalue weighted by atomic mass is 19.1. The highest BCUT2D eigenvalue weighted by Crippen LogP contribution is 2.32. The van der Waals surface area contributed by atoms with E-state index in [0.29, 0.717) is 18.2 Å². The predicted molar refractivity (Wildman–Crippen MR) is 175 cm³/mol. The Bertz CT molecular complexity index is 1830. The smallest absolute Gasteiger partial charge is 0.283 e. The van der Waals surface area contributed by atoms with E-state index < -0.39 is 11.7 Å². The lowest BCUT2D eigenvalue weighted by Gasteiger charge is -2.23. The number of rotatable bonds is 10. The molecule has 1 fully saturated rings. The largest absolute Gasteiger partial charge is 0.370 e. The first-order valence-electron chi connectivity index (χ1n) is 15.1. The summed E-state index contributed by atoms with van der Waals surface area (Å²) in [4.78, 5) is 21.5. The normalized spacial score (nSPS) is 13.8. The van der Waals surface area contributed by atoms with Crippen LogP contribution in [0, 0.1) is 5.92 Å². The van der Waals surface area contributed by atoms with Crippen molar-refractivity contribution >= 4 is 39.6 Å². The molecule has 1 saturated heterocycles. The van der Waals surface area contributed by atoms with Gasteiger partial charge in [0.05, 0.1) is 11.9 Å². The number of aromatic nitrogens is 4. The highest BCUT2D eigenvalue weighted by molar-refractivity contribution is 6.04. The third-order valence-corrected chi connectivity index (χ3v) is 8.15. The van der Waals surface area contributed by atoms with Crippen LogP contribution in [0.15, 0.2) is 79.4 Å². The van der Waals surface area contributed by atoms with Gasteiger partial charge < -0.3 is 21.3 Å². The molecule has 4 heterocycles. The Morgan fingerprint density at radius 1 is 1.11 bits per heavy atom. The minimum absolute atomic E-state index is 0.287. The Morgan fingerprint density at radius 3 is 2.73 bits per heavy atom. The van der Waals surface area contributed by atoms with Gasteiger partial charge in [-0.25, -0.2) is 9.37 Å². The van der Waals surface area contributed by atoms with Crippen molar-refractivity contribution in [3.8, 4) is 11.3 Å². The second kappa shape index (κ2) is 12.8. The van der Waals surface area contributed by atoms with Gasteiger partial charge in [0.25, 0.3) is 5.91 Å². The van der Waals surface area contributed by atoms with Gasteiger partial charge in [-0.05, 0) is 66.9 Å². The van der Waals surface area contributed by atoms with Crippen LogP contribution >= 0.6 is 0 Å². The van der Waals surface area contributed by atoms with Crippen LogP contribution in [0.25, 0.3) is 27.7 Å². The second-order valence-corrected chi connectivity index (χ2v) is 11.6. The molecule has 1 aliphatic heterocycles. The van der Waals surface area contributed by atoms with E-state index in [-0.39, 0.29) is 5.92 Å². The van der Waals surface area contributed by atoms with Crippen molar-refractivity contribution in [1.82, 2.24) is 24.9 Å². The summed E-state index contributed by atoms with van der Waals surface area (Å²) in [5.41, 5.74) is 5.30. The number of hydrogen-bond donors (Lipinski definition) is 4. The maximum atomic E-state index is 13.2. The zero-order valence-corrected chi connectivity index (χ0v) is 25.0. The number of carbonyl (C=O) groups is 1. The van der Waals surface area contributed by atoms with E-state index >= 15 is 0 Å². The van der Waals surface area contributed by atoms with E-state index in [1.807, 2.05) is 41.0 Å². The molecule has 1 aliphatic rings. The molecule has 0 radical (unpaired) electrons. The lowest BCUT2D eigenvalue weighted by Crippen LogP contribution is -2.31. The van der Waals surface area contributed by atoms with Gasteiger partial charge in [0.2, 0.25) is 0 Å². The minimum atomic E-state index is -1.03. The molecule has 9 nitrogen and oxygen atoms in total. The molecular weight excluding hydrogens is 555 g/mol. The molecule has 4 N–H and O–H groups in total. The fraction of sp³-hybridized carbons (Fsp3) is 0.294. The molecule has 0 atom stereocenters. The molecule has 0 saturated carbocycles. The van der Waals surface area contributed by atoms with Gasteiger partial charge >= 0.3 is 0 Å². The topological polar surface area (TPSA) is 108 Å². The fourth-order valence-corrected chi connectivity index (χ4v) is 5.70. The van der Waals surface area contributed by atoms with Crippen molar-refractivity contribution in [2.24, 2.45) is 5.92 Å². The van der Waals surface area contributed by atoms with Crippen molar-refractivity contribution in [2.45, 2.75) is 39.2 Å². The molecule has 0 bridgehead atoms. The Kier molecular flexibility index (Phi) is 8.51. The summed E-state index contributed by atoms with van der Waals surface area (Å²) < 4.78 is 15.1. The van der Waals surface area contributed by atoms with Crippen molar-refractivity contribution in [3.63, 3.8) is 0 Å². The fourth-order valence-electron chi connectivity index (χ4n) is 5.70. The Hall–Kier alpha value is -4.83. The van der Waals surface area contributed by atoms with Crippen LogP contribution in [-0.2, 0) is 11.3 Å². The number of pyridine rings is 1. The summed E-state index contributed by atoms with van der Waals surface area (Å²) in [5, 5.41) is 19.7. The number of benzene rings is 2. The molecule has 226 valence electrons. The van der Waals surface area contributed by atoms with Gasteiger partial charge in [-0.15, -0.1) is 0 Å². The van der Waals surface area contributed by atoms with E-state index in [1.54, 1.807) is 18.3 Å². The Morgan fingerprint density at radius 2 is 1.93 bits per heavy atom. The Labute approximate surface area is 256 Å². The van der Waals surface area contributed by atoms with Crippen LogP contribution < -0.4 is 21.3 Å². The molecule has 0 unspecified atom stereocenters. The quantitative estimate of drug-likeness (QED) is 0.137. The maximum absolute atomic E-state index is 13.2. The molecule has 3 aromatic heterocycles. The second-order valence-electron chi connectivity index (χ2n) is 11.6. The van der Waals surface area contributed by atoms with E-state index in [2.05, 4.69) is 58.9 Å². The predicted octanol–water partition coefficient (Wildman–Crippen LogP) is 6.51. The van der Waals surface area contributed by atoms with Gasteiger partial charge in [-0.1, -0.05) is 50.8 Å². The van der Waals surface area contributed by atoms with Gasteiger partial charge in [-0.3, -0.25) is 9.78 Å². The lowest BCUT2D eigenvalue weighted by molar-refractivity contribution is -0.114. The standard InChI is InChI=1S/C34H37FN8O/c1-21(2)29-20-40-43-31(17-30(42-33(29)43)38-18-23-10-13-36-14-11-23)39-19-25-6-4-5-7-27(25)32-28-9-8-26(41-34(44)22(3)35)16-24(28)12-15-37-32/h4-9,12,15-17,20-21,23,36,39H,3,10-11,13-14,18-19H2,1-2H3,(H,38,42)(H,41,44). The third kappa shape index (κ3) is 6.26. The number of nitrogens with zero attached hydrogens (tertiary/aromatic N) is 4. The molecule has 44 heavy (non-hydrogen) atoms. The molecule has 6 rings (SSSR count). The number of amides is 1. The Balaban J connectivity index is 1.29. The average Bonchev–Trinajstić information content (AvgIpc) is 3.47. The molecule has 1 amide bonds. The highest BCUT2D eigenvalue weighted by Gasteiger charge is 2.17. The number of piperidine rings is 1. The van der Waals surface area contributed by atoms with Crippen molar-refractivity contribution in [3.05, 3.63) is 90.5 Å². The zero-order valence-electron chi connectivity index (χ0n) is 25.0. The van der Waals surface area contributed by atoms with E-state index in [1.165, 1.54) is 0 Å². The molecule has 0 spiro atoms. The monoisotopic (exact) mass is 592 g/mol. The number of halogens is 1. The van der Waals surface area contributed by atoms with Crippen molar-refractivity contribution in [2.75, 3.05) is 35.6 Å². The van der Waals surface area contributed by atoms with E-state index in [9.17, 15) is 9.18 Å². The van der Waals surface area contributed by atoms with Crippen LogP contribution in [0.3, 0.4) is 0 Å². The average molecular weight is 593 g/mol. The van der Waals surface area contributed by atoms with Crippen LogP contribution in [0.2, 0.25) is 0 Å². The molecular formula is C34H37FN8O. The number of carbonyl (C=O) groups excluding carboxylic acids is 1. The molecule has 5 aromatic rings. The number of anilines is 3. The summed E-state index contributed by atoms with van der Waals surface area (Å²) >= 11 is 0. The van der Waals surface area contributed by atoms with Gasteiger partial charge in [0.15, 0.2) is 11.5 Å². The third-order valence-electron chi connectivity index (χ3n) is 8.15. The van der Waals surface area contributed by atoms with Gasteiger partial charge in [0.1, 0.15) is 11.6 Å². The summed E-state index contributed by atoms with van der Waals surface area (Å²) in [7, 11) is 0. The summed E-state index contributed by atoms with van der Waals surface area (Å²) in [6.07, 6.45) is 5.97. The number of fused-ring (bicyclic) bond motifs is 2. The summed E-state index contributed by atoms with van der Waals surface area (Å²) in [5.74, 6) is 0.705. The van der Waals surface area contributed by atoms with Crippen molar-refractivity contribution < 1.29 is 9.18 Å². The van der Waals surface area contributed by atoms with Crippen LogP contribution in [0.5, 0.6) is 0 Å². The first-order valence-corrected chi connectivity index (χ1v) is 15.1. The lowest BCUT2D eigenvalue weighted by atomic mass is 9.98. The molecule has 0 aliphatic carbocycles. The van der Waals surface area contributed by atoms with Gasteiger partial charge in [-0.2, -0.15) is 9.61 Å².